The summed E-state index contributed by atoms with van der Waals surface area (Å²) in [4.78, 5) is 0. The highest BCUT2D eigenvalue weighted by Gasteiger charge is 2.27. The highest BCUT2D eigenvalue weighted by atomic mass is 19.4. The Labute approximate surface area is 96.2 Å². The van der Waals surface area contributed by atoms with Crippen LogP contribution in [0.15, 0.2) is 0 Å². The van der Waals surface area contributed by atoms with Crippen LogP contribution >= 0.6 is 0 Å². The lowest BCUT2D eigenvalue weighted by molar-refractivity contribution is -0.177. The van der Waals surface area contributed by atoms with Gasteiger partial charge < -0.3 is 14.4 Å². The van der Waals surface area contributed by atoms with Crippen LogP contribution in [0.2, 0.25) is 0 Å². The predicted octanol–water partition coefficient (Wildman–Crippen LogP) is 1.26. The molecule has 0 bridgehead atoms. The van der Waals surface area contributed by atoms with E-state index in [4.69, 9.17) is 5.11 Å². The van der Waals surface area contributed by atoms with Crippen LogP contribution in [-0.4, -0.2) is 32.7 Å². The number of hydrogen-bond acceptors (Lipinski definition) is 4. The Balaban J connectivity index is 2.61. The van der Waals surface area contributed by atoms with E-state index in [1.165, 1.54) is 0 Å². The second-order valence-corrected chi connectivity index (χ2v) is 3.45. The van der Waals surface area contributed by atoms with Crippen molar-refractivity contribution in [2.24, 2.45) is 0 Å². The second-order valence-electron chi connectivity index (χ2n) is 3.45. The summed E-state index contributed by atoms with van der Waals surface area (Å²) in [6, 6.07) is 0. The van der Waals surface area contributed by atoms with E-state index >= 15 is 0 Å². The summed E-state index contributed by atoms with van der Waals surface area (Å²) in [7, 11) is 0. The molecule has 0 aromatic carbocycles. The van der Waals surface area contributed by atoms with Gasteiger partial charge in [-0.25, -0.2) is 0 Å². The fourth-order valence-electron chi connectivity index (χ4n) is 1.34. The smallest absolute Gasteiger partial charge is 0.388 e. The van der Waals surface area contributed by atoms with Crippen molar-refractivity contribution in [2.45, 2.75) is 39.3 Å². The molecule has 0 aliphatic carbocycles. The number of aliphatic hydroxyl groups excluding tert-OH is 1. The third-order valence-electron chi connectivity index (χ3n) is 1.99. The van der Waals surface area contributed by atoms with Gasteiger partial charge in [0.05, 0.1) is 0 Å². The molecule has 0 atom stereocenters. The molecule has 0 radical (unpaired) electrons. The van der Waals surface area contributed by atoms with Crippen LogP contribution in [0.4, 0.5) is 13.2 Å². The Morgan fingerprint density at radius 1 is 1.29 bits per heavy atom. The first-order valence-corrected chi connectivity index (χ1v) is 5.14. The Hall–Kier alpha value is -1.15. The molecule has 1 aromatic rings. The topological polar surface area (TPSA) is 60.2 Å². The molecule has 0 aliphatic rings. The molecule has 0 fully saturated rings. The number of halogens is 3. The van der Waals surface area contributed by atoms with E-state index in [1.54, 1.807) is 4.57 Å². The molecule has 0 aliphatic heterocycles. The van der Waals surface area contributed by atoms with Gasteiger partial charge in [0.15, 0.2) is 11.6 Å². The summed E-state index contributed by atoms with van der Waals surface area (Å²) in [6.07, 6.45) is -3.59. The first-order valence-electron chi connectivity index (χ1n) is 5.14. The lowest BCUT2D eigenvalue weighted by Gasteiger charge is -2.09. The van der Waals surface area contributed by atoms with Crippen molar-refractivity contribution in [1.82, 2.24) is 14.8 Å². The minimum Gasteiger partial charge on any atom is -0.388 e. The maximum Gasteiger partial charge on any atom is 0.411 e. The molecule has 0 unspecified atom stereocenters. The lowest BCUT2D eigenvalue weighted by atomic mass is 10.4. The van der Waals surface area contributed by atoms with Gasteiger partial charge in [0.2, 0.25) is 0 Å². The summed E-state index contributed by atoms with van der Waals surface area (Å²) >= 11 is 0. The van der Waals surface area contributed by atoms with Gasteiger partial charge >= 0.3 is 6.18 Å². The van der Waals surface area contributed by atoms with Crippen LogP contribution in [0, 0.1) is 0 Å². The fourth-order valence-corrected chi connectivity index (χ4v) is 1.34. The van der Waals surface area contributed by atoms with Crippen molar-refractivity contribution in [2.75, 3.05) is 6.61 Å². The van der Waals surface area contributed by atoms with Crippen LogP contribution < -0.4 is 0 Å². The molecule has 1 N–H and O–H groups in total. The van der Waals surface area contributed by atoms with Gasteiger partial charge in [0.25, 0.3) is 0 Å². The Bertz CT molecular complexity index is 352. The van der Waals surface area contributed by atoms with Crippen LogP contribution in [0.5, 0.6) is 0 Å². The van der Waals surface area contributed by atoms with E-state index in [0.717, 1.165) is 6.42 Å². The molecule has 98 valence electrons. The van der Waals surface area contributed by atoms with Gasteiger partial charge in [0, 0.05) is 6.54 Å². The quantitative estimate of drug-likeness (QED) is 0.829. The van der Waals surface area contributed by atoms with E-state index in [-0.39, 0.29) is 13.2 Å². The van der Waals surface area contributed by atoms with Crippen LogP contribution in [0.1, 0.15) is 25.0 Å². The van der Waals surface area contributed by atoms with Crippen LogP contribution in [-0.2, 0) is 24.5 Å². The molecular formula is C9H14F3N3O2. The number of alkyl halides is 3. The minimum absolute atomic E-state index is 0.271. The van der Waals surface area contributed by atoms with Crippen molar-refractivity contribution < 1.29 is 23.0 Å². The maximum atomic E-state index is 11.9. The van der Waals surface area contributed by atoms with Crippen molar-refractivity contribution in [1.29, 1.82) is 0 Å². The number of aliphatic hydroxyl groups is 1. The fraction of sp³-hybridized carbons (Fsp3) is 0.778. The van der Waals surface area contributed by atoms with Crippen molar-refractivity contribution in [3.05, 3.63) is 11.6 Å². The standard InChI is InChI=1S/C9H14F3N3O2/c1-2-3-15-7(4-16)13-14-8(15)5-17-6-9(10,11)12/h16H,2-6H2,1H3. The zero-order valence-electron chi connectivity index (χ0n) is 9.37. The Kier molecular flexibility index (Phi) is 4.88. The molecule has 0 spiro atoms. The van der Waals surface area contributed by atoms with Crippen molar-refractivity contribution in [3.63, 3.8) is 0 Å². The molecular weight excluding hydrogens is 239 g/mol. The molecule has 0 amide bonds. The molecule has 8 heteroatoms. The highest BCUT2D eigenvalue weighted by molar-refractivity contribution is 4.93. The molecule has 17 heavy (non-hydrogen) atoms. The summed E-state index contributed by atoms with van der Waals surface area (Å²) in [5, 5.41) is 16.3. The van der Waals surface area contributed by atoms with Gasteiger partial charge in [-0.3, -0.25) is 0 Å². The zero-order valence-corrected chi connectivity index (χ0v) is 9.37. The number of hydrogen-bond donors (Lipinski definition) is 1. The zero-order chi connectivity index (χ0) is 12.9. The van der Waals surface area contributed by atoms with Gasteiger partial charge in [-0.1, -0.05) is 6.92 Å². The van der Waals surface area contributed by atoms with Crippen LogP contribution in [0.25, 0.3) is 0 Å². The van der Waals surface area contributed by atoms with E-state index < -0.39 is 12.8 Å². The first-order chi connectivity index (χ1) is 7.98. The van der Waals surface area contributed by atoms with Crippen LogP contribution in [0.3, 0.4) is 0 Å². The van der Waals surface area contributed by atoms with Gasteiger partial charge in [0.1, 0.15) is 19.8 Å². The molecule has 1 heterocycles. The van der Waals surface area contributed by atoms with Crippen molar-refractivity contribution >= 4 is 0 Å². The van der Waals surface area contributed by atoms with Gasteiger partial charge in [-0.2, -0.15) is 13.2 Å². The third-order valence-corrected chi connectivity index (χ3v) is 1.99. The average Bonchev–Trinajstić information content (AvgIpc) is 2.60. The summed E-state index contributed by atoms with van der Waals surface area (Å²) in [5.41, 5.74) is 0. The van der Waals surface area contributed by atoms with Gasteiger partial charge in [-0.05, 0) is 6.42 Å². The summed E-state index contributed by atoms with van der Waals surface area (Å²) < 4.78 is 41.7. The molecule has 0 saturated carbocycles. The molecule has 1 aromatic heterocycles. The Morgan fingerprint density at radius 2 is 1.94 bits per heavy atom. The molecule has 5 nitrogen and oxygen atoms in total. The number of rotatable bonds is 6. The monoisotopic (exact) mass is 253 g/mol. The molecule has 1 rings (SSSR count). The SMILES string of the molecule is CCCn1c(CO)nnc1COCC(F)(F)F. The normalized spacial score (nSPS) is 12.1. The average molecular weight is 253 g/mol. The lowest BCUT2D eigenvalue weighted by Crippen LogP contribution is -2.18. The number of aromatic nitrogens is 3. The Morgan fingerprint density at radius 3 is 2.47 bits per heavy atom. The highest BCUT2D eigenvalue weighted by Crippen LogP contribution is 2.15. The predicted molar refractivity (Wildman–Crippen MR) is 51.9 cm³/mol. The molecule has 0 saturated heterocycles. The maximum absolute atomic E-state index is 11.9. The van der Waals surface area contributed by atoms with E-state index in [0.29, 0.717) is 18.2 Å². The largest absolute Gasteiger partial charge is 0.411 e. The minimum atomic E-state index is -4.35. The van der Waals surface area contributed by atoms with Crippen molar-refractivity contribution in [3.8, 4) is 0 Å². The number of ether oxygens (including phenoxy) is 1. The third kappa shape index (κ3) is 4.31. The number of nitrogens with zero attached hydrogens (tertiary/aromatic N) is 3. The van der Waals surface area contributed by atoms with E-state index in [9.17, 15) is 13.2 Å². The second kappa shape index (κ2) is 5.97. The summed E-state index contributed by atoms with van der Waals surface area (Å²) in [6.45, 7) is 0.550. The van der Waals surface area contributed by atoms with E-state index in [1.807, 2.05) is 6.92 Å². The van der Waals surface area contributed by atoms with Gasteiger partial charge in [-0.15, -0.1) is 10.2 Å². The first kappa shape index (κ1) is 13.9. The summed E-state index contributed by atoms with van der Waals surface area (Å²) in [5.74, 6) is 0.623. The van der Waals surface area contributed by atoms with E-state index in [2.05, 4.69) is 14.9 Å².